The summed E-state index contributed by atoms with van der Waals surface area (Å²) >= 11 is 3.43. The third kappa shape index (κ3) is 2.61. The normalized spacial score (nSPS) is 14.6. The van der Waals surface area contributed by atoms with Crippen molar-refractivity contribution in [2.75, 3.05) is 0 Å². The zero-order valence-electron chi connectivity index (χ0n) is 14.3. The molecule has 3 aromatic carbocycles. The van der Waals surface area contributed by atoms with Gasteiger partial charge < -0.3 is 10.1 Å². The standard InChI is InChI=1S/C23H15BrN2O/c24-14-9-10-17(22(27)11-14)23(18-12-25-20-7-3-1-5-15(18)20)19-13-26-21-8-4-2-6-16(19)21/h1-13,25,27H. The predicted molar refractivity (Wildman–Crippen MR) is 115 cm³/mol. The van der Waals surface area contributed by atoms with Crippen LogP contribution in [0.5, 0.6) is 5.75 Å². The van der Waals surface area contributed by atoms with Crippen LogP contribution in [0.1, 0.15) is 16.7 Å². The lowest BCUT2D eigenvalue weighted by Gasteiger charge is -2.14. The van der Waals surface area contributed by atoms with Gasteiger partial charge in [0.15, 0.2) is 0 Å². The highest BCUT2D eigenvalue weighted by Gasteiger charge is 2.22. The molecule has 0 spiro atoms. The second-order valence-electron chi connectivity index (χ2n) is 6.47. The van der Waals surface area contributed by atoms with Gasteiger partial charge in [0, 0.05) is 55.6 Å². The van der Waals surface area contributed by atoms with Crippen molar-refractivity contribution in [3.8, 4) is 5.75 Å². The molecule has 0 bridgehead atoms. The molecular formula is C23H15BrN2O. The monoisotopic (exact) mass is 414 g/mol. The fourth-order valence-corrected chi connectivity index (χ4v) is 4.00. The van der Waals surface area contributed by atoms with E-state index in [1.807, 2.05) is 54.9 Å². The molecule has 0 radical (unpaired) electrons. The molecule has 0 atom stereocenters. The first-order valence-corrected chi connectivity index (χ1v) is 9.45. The number of H-pyrrole nitrogens is 1. The van der Waals surface area contributed by atoms with Crippen LogP contribution in [0.25, 0.3) is 22.0 Å². The lowest BCUT2D eigenvalue weighted by Crippen LogP contribution is -1.94. The van der Waals surface area contributed by atoms with Crippen molar-refractivity contribution < 1.29 is 5.11 Å². The van der Waals surface area contributed by atoms with Crippen LogP contribution >= 0.6 is 15.9 Å². The lowest BCUT2D eigenvalue weighted by atomic mass is 9.89. The number of nitrogens with one attached hydrogen (secondary N) is 1. The van der Waals surface area contributed by atoms with Gasteiger partial charge in [0.2, 0.25) is 0 Å². The molecule has 1 aliphatic rings. The Labute approximate surface area is 164 Å². The number of aliphatic imine (C=N–C) groups is 1. The second-order valence-corrected chi connectivity index (χ2v) is 7.39. The maximum Gasteiger partial charge on any atom is 0.124 e. The van der Waals surface area contributed by atoms with Crippen LogP contribution in [-0.4, -0.2) is 16.3 Å². The highest BCUT2D eigenvalue weighted by Crippen LogP contribution is 2.43. The van der Waals surface area contributed by atoms with E-state index < -0.39 is 0 Å². The van der Waals surface area contributed by atoms with E-state index in [0.717, 1.165) is 48.9 Å². The Kier molecular flexibility index (Phi) is 3.73. The fraction of sp³-hybridized carbons (Fsp3) is 0. The largest absolute Gasteiger partial charge is 0.507 e. The molecule has 3 nitrogen and oxygen atoms in total. The van der Waals surface area contributed by atoms with Gasteiger partial charge >= 0.3 is 0 Å². The zero-order chi connectivity index (χ0) is 18.4. The number of rotatable bonds is 2. The number of nitrogens with zero attached hydrogens (tertiary/aromatic N) is 1. The summed E-state index contributed by atoms with van der Waals surface area (Å²) < 4.78 is 0.840. The van der Waals surface area contributed by atoms with Crippen molar-refractivity contribution >= 4 is 49.9 Å². The molecule has 130 valence electrons. The van der Waals surface area contributed by atoms with E-state index in [2.05, 4.69) is 44.1 Å². The van der Waals surface area contributed by atoms with Crippen LogP contribution in [0, 0.1) is 0 Å². The van der Waals surface area contributed by atoms with E-state index in [9.17, 15) is 5.11 Å². The number of aromatic amines is 1. The van der Waals surface area contributed by atoms with Crippen molar-refractivity contribution in [2.24, 2.45) is 4.99 Å². The van der Waals surface area contributed by atoms with Crippen LogP contribution < -0.4 is 0 Å². The average molecular weight is 415 g/mol. The molecule has 4 aromatic rings. The van der Waals surface area contributed by atoms with Gasteiger partial charge in [0.1, 0.15) is 5.75 Å². The number of aromatic nitrogens is 1. The Hall–Kier alpha value is -3.11. The highest BCUT2D eigenvalue weighted by atomic mass is 79.9. The minimum absolute atomic E-state index is 0.231. The summed E-state index contributed by atoms with van der Waals surface area (Å²) in [5, 5.41) is 11.8. The van der Waals surface area contributed by atoms with Crippen molar-refractivity contribution in [1.82, 2.24) is 4.98 Å². The number of fused-ring (bicyclic) bond motifs is 2. The highest BCUT2D eigenvalue weighted by molar-refractivity contribution is 9.10. The zero-order valence-corrected chi connectivity index (χ0v) is 15.9. The van der Waals surface area contributed by atoms with Gasteiger partial charge in [-0.15, -0.1) is 0 Å². The molecule has 2 N–H and O–H groups in total. The van der Waals surface area contributed by atoms with E-state index in [0.29, 0.717) is 0 Å². The number of hydrogen-bond donors (Lipinski definition) is 2. The van der Waals surface area contributed by atoms with Gasteiger partial charge in [-0.3, -0.25) is 4.99 Å². The van der Waals surface area contributed by atoms with E-state index in [4.69, 9.17) is 0 Å². The Bertz CT molecular complexity index is 1250. The number of halogens is 1. The van der Waals surface area contributed by atoms with E-state index >= 15 is 0 Å². The smallest absolute Gasteiger partial charge is 0.124 e. The average Bonchev–Trinajstić information content (AvgIpc) is 3.29. The van der Waals surface area contributed by atoms with Crippen molar-refractivity contribution in [1.29, 1.82) is 0 Å². The number of phenolic OH excluding ortho intramolecular Hbond substituents is 1. The van der Waals surface area contributed by atoms with Gasteiger partial charge in [-0.2, -0.15) is 0 Å². The Balaban J connectivity index is 1.88. The quantitative estimate of drug-likeness (QED) is 0.396. The van der Waals surface area contributed by atoms with E-state index in [1.165, 1.54) is 0 Å². The van der Waals surface area contributed by atoms with Gasteiger partial charge in [-0.25, -0.2) is 0 Å². The van der Waals surface area contributed by atoms with E-state index in [-0.39, 0.29) is 5.75 Å². The number of aromatic hydroxyl groups is 1. The maximum atomic E-state index is 10.7. The van der Waals surface area contributed by atoms with Crippen molar-refractivity contribution in [2.45, 2.75) is 0 Å². The summed E-state index contributed by atoms with van der Waals surface area (Å²) in [6, 6.07) is 21.9. The predicted octanol–water partition coefficient (Wildman–Crippen LogP) is 6.31. The minimum Gasteiger partial charge on any atom is -0.507 e. The Morgan fingerprint density at radius 1 is 0.926 bits per heavy atom. The molecule has 4 heteroatoms. The molecular weight excluding hydrogens is 400 g/mol. The number of hydrogen-bond acceptors (Lipinski definition) is 2. The first kappa shape index (κ1) is 16.1. The third-order valence-corrected chi connectivity index (χ3v) is 5.38. The topological polar surface area (TPSA) is 48.4 Å². The van der Waals surface area contributed by atoms with Crippen LogP contribution in [0.3, 0.4) is 0 Å². The summed E-state index contributed by atoms with van der Waals surface area (Å²) in [4.78, 5) is 7.93. The first-order valence-electron chi connectivity index (χ1n) is 8.65. The summed E-state index contributed by atoms with van der Waals surface area (Å²) in [5.74, 6) is 0.231. The lowest BCUT2D eigenvalue weighted by molar-refractivity contribution is 0.473. The number of phenols is 1. The number of benzene rings is 3. The van der Waals surface area contributed by atoms with Gasteiger partial charge in [-0.1, -0.05) is 52.3 Å². The second kappa shape index (κ2) is 6.25. The third-order valence-electron chi connectivity index (χ3n) is 4.88. The fourth-order valence-electron chi connectivity index (χ4n) is 3.65. The molecule has 1 aliphatic heterocycles. The van der Waals surface area contributed by atoms with Crippen molar-refractivity contribution in [3.05, 3.63) is 94.1 Å². The molecule has 1 aromatic heterocycles. The van der Waals surface area contributed by atoms with Crippen molar-refractivity contribution in [3.63, 3.8) is 0 Å². The number of allylic oxidation sites excluding steroid dienone is 1. The summed E-state index contributed by atoms with van der Waals surface area (Å²) in [5.41, 5.74) is 6.87. The molecule has 0 saturated carbocycles. The summed E-state index contributed by atoms with van der Waals surface area (Å²) in [6.07, 6.45) is 3.90. The first-order chi connectivity index (χ1) is 13.2. The molecule has 2 heterocycles. The van der Waals surface area contributed by atoms with Gasteiger partial charge in [-0.05, 0) is 30.3 Å². The summed E-state index contributed by atoms with van der Waals surface area (Å²) in [7, 11) is 0. The maximum absolute atomic E-state index is 10.7. The van der Waals surface area contributed by atoms with Gasteiger partial charge in [0.25, 0.3) is 0 Å². The van der Waals surface area contributed by atoms with Gasteiger partial charge in [0.05, 0.1) is 5.69 Å². The Morgan fingerprint density at radius 2 is 1.74 bits per heavy atom. The van der Waals surface area contributed by atoms with Crippen LogP contribution in [0.15, 0.2) is 82.4 Å². The molecule has 0 aliphatic carbocycles. The molecule has 0 saturated heterocycles. The molecule has 0 fully saturated rings. The number of para-hydroxylation sites is 2. The summed E-state index contributed by atoms with van der Waals surface area (Å²) in [6.45, 7) is 0. The molecule has 0 unspecified atom stereocenters. The molecule has 5 rings (SSSR count). The van der Waals surface area contributed by atoms with E-state index in [1.54, 1.807) is 6.07 Å². The Morgan fingerprint density at radius 3 is 2.63 bits per heavy atom. The van der Waals surface area contributed by atoms with Crippen LogP contribution in [-0.2, 0) is 0 Å². The SMILES string of the molecule is Oc1cc(Br)ccc1C(=C1C=Nc2ccccc21)c1c[nH]c2ccccc12. The van der Waals surface area contributed by atoms with Crippen LogP contribution in [0.4, 0.5) is 5.69 Å². The minimum atomic E-state index is 0.231. The molecule has 27 heavy (non-hydrogen) atoms. The molecule has 0 amide bonds. The van der Waals surface area contributed by atoms with Crippen LogP contribution in [0.2, 0.25) is 0 Å².